The summed E-state index contributed by atoms with van der Waals surface area (Å²) in [5.74, 6) is -0.112. The number of hydrogen-bond acceptors (Lipinski definition) is 6. The Morgan fingerprint density at radius 1 is 1.24 bits per heavy atom. The predicted molar refractivity (Wildman–Crippen MR) is 114 cm³/mol. The summed E-state index contributed by atoms with van der Waals surface area (Å²) in [6.45, 7) is 5.62. The number of nitrogens with zero attached hydrogens (tertiary/aromatic N) is 4. The first-order valence-corrected chi connectivity index (χ1v) is 10.2. The molecule has 3 rings (SSSR count). The van der Waals surface area contributed by atoms with E-state index in [1.807, 2.05) is 37.3 Å². The third-order valence-corrected chi connectivity index (χ3v) is 5.54. The number of thiocarbonyl (C=S) groups is 1. The third kappa shape index (κ3) is 5.15. The standard InChI is InChI=1S/C20H25N5O3S/c1-2-18(29)22-13-17-14-25(20(27)28-17)16-5-3-15(4-6-16)23-9-11-24(12-10-23)19(26)7-8-21/h3-6,17H,2,7,9-14H2,1H3,(H,22,29)/t17-/m0/s1. The Balaban J connectivity index is 1.54. The second kappa shape index (κ2) is 9.56. The number of amides is 2. The Hall–Kier alpha value is -2.86. The summed E-state index contributed by atoms with van der Waals surface area (Å²) >= 11 is 5.15. The summed E-state index contributed by atoms with van der Waals surface area (Å²) in [6, 6.07) is 9.69. The summed E-state index contributed by atoms with van der Waals surface area (Å²) < 4.78 is 5.42. The van der Waals surface area contributed by atoms with E-state index >= 15 is 0 Å². The molecule has 0 saturated carbocycles. The van der Waals surface area contributed by atoms with E-state index < -0.39 is 0 Å². The van der Waals surface area contributed by atoms with Gasteiger partial charge < -0.3 is 19.9 Å². The molecule has 2 aliphatic heterocycles. The van der Waals surface area contributed by atoms with Crippen LogP contribution in [0.25, 0.3) is 0 Å². The van der Waals surface area contributed by atoms with Crippen LogP contribution in [0.4, 0.5) is 16.2 Å². The lowest BCUT2D eigenvalue weighted by Gasteiger charge is -2.36. The molecule has 0 aromatic heterocycles. The van der Waals surface area contributed by atoms with Crippen LogP contribution in [-0.2, 0) is 9.53 Å². The molecule has 2 heterocycles. The molecular weight excluding hydrogens is 390 g/mol. The van der Waals surface area contributed by atoms with Crippen molar-refractivity contribution >= 4 is 40.6 Å². The molecule has 154 valence electrons. The first kappa shape index (κ1) is 20.9. The van der Waals surface area contributed by atoms with Crippen LogP contribution in [0.5, 0.6) is 0 Å². The molecule has 2 amide bonds. The van der Waals surface area contributed by atoms with Gasteiger partial charge in [0.25, 0.3) is 0 Å². The second-order valence-electron chi connectivity index (χ2n) is 6.99. The van der Waals surface area contributed by atoms with E-state index in [-0.39, 0.29) is 24.5 Å². The highest BCUT2D eigenvalue weighted by molar-refractivity contribution is 7.80. The van der Waals surface area contributed by atoms with E-state index in [2.05, 4.69) is 10.2 Å². The van der Waals surface area contributed by atoms with Gasteiger partial charge in [-0.25, -0.2) is 4.79 Å². The first-order valence-electron chi connectivity index (χ1n) is 9.76. The number of carbonyl (C=O) groups excluding carboxylic acids is 2. The molecule has 1 atom stereocenters. The summed E-state index contributed by atoms with van der Waals surface area (Å²) in [7, 11) is 0. The molecule has 2 aliphatic rings. The fraction of sp³-hybridized carbons (Fsp3) is 0.500. The van der Waals surface area contributed by atoms with E-state index in [0.717, 1.165) is 22.8 Å². The molecule has 9 heteroatoms. The molecule has 1 aromatic rings. The maximum Gasteiger partial charge on any atom is 0.414 e. The van der Waals surface area contributed by atoms with Crippen molar-refractivity contribution in [3.63, 3.8) is 0 Å². The highest BCUT2D eigenvalue weighted by Gasteiger charge is 2.32. The Morgan fingerprint density at radius 2 is 1.90 bits per heavy atom. The van der Waals surface area contributed by atoms with Crippen LogP contribution in [-0.4, -0.2) is 67.3 Å². The number of cyclic esters (lactones) is 1. The number of rotatable bonds is 6. The van der Waals surface area contributed by atoms with Crippen molar-refractivity contribution in [1.29, 1.82) is 5.26 Å². The zero-order valence-corrected chi connectivity index (χ0v) is 17.3. The Morgan fingerprint density at radius 3 is 2.52 bits per heavy atom. The van der Waals surface area contributed by atoms with Crippen molar-refractivity contribution in [2.24, 2.45) is 0 Å². The van der Waals surface area contributed by atoms with Gasteiger partial charge in [0.05, 0.1) is 24.1 Å². The minimum atomic E-state index is -0.350. The van der Waals surface area contributed by atoms with Gasteiger partial charge in [-0.15, -0.1) is 0 Å². The normalized spacial score (nSPS) is 19.0. The lowest BCUT2D eigenvalue weighted by atomic mass is 10.2. The van der Waals surface area contributed by atoms with Gasteiger partial charge in [-0.05, 0) is 30.7 Å². The molecule has 2 fully saturated rings. The molecule has 0 unspecified atom stereocenters. The molecule has 0 spiro atoms. The van der Waals surface area contributed by atoms with Crippen LogP contribution < -0.4 is 15.1 Å². The van der Waals surface area contributed by atoms with E-state index in [4.69, 9.17) is 22.2 Å². The number of nitriles is 1. The summed E-state index contributed by atoms with van der Waals surface area (Å²) in [5.41, 5.74) is 1.84. The number of hydrogen-bond donors (Lipinski definition) is 1. The fourth-order valence-electron chi connectivity index (χ4n) is 3.43. The SMILES string of the molecule is CCC(=S)NC[C@H]1CN(c2ccc(N3CCN(C(=O)CC#N)CC3)cc2)C(=O)O1. The van der Waals surface area contributed by atoms with E-state index in [9.17, 15) is 9.59 Å². The number of carbonyl (C=O) groups is 2. The fourth-order valence-corrected chi connectivity index (χ4v) is 3.51. The number of ether oxygens (including phenoxy) is 1. The molecule has 0 aliphatic carbocycles. The van der Waals surface area contributed by atoms with Gasteiger partial charge in [0.2, 0.25) is 5.91 Å². The summed E-state index contributed by atoms with van der Waals surface area (Å²) in [4.78, 5) is 30.3. The second-order valence-corrected chi connectivity index (χ2v) is 7.49. The largest absolute Gasteiger partial charge is 0.442 e. The smallest absolute Gasteiger partial charge is 0.414 e. The first-order chi connectivity index (χ1) is 14.0. The van der Waals surface area contributed by atoms with Crippen molar-refractivity contribution < 1.29 is 14.3 Å². The van der Waals surface area contributed by atoms with Crippen molar-refractivity contribution in [3.8, 4) is 6.07 Å². The molecule has 0 bridgehead atoms. The van der Waals surface area contributed by atoms with Crippen LogP contribution in [0, 0.1) is 11.3 Å². The molecule has 2 saturated heterocycles. The van der Waals surface area contributed by atoms with Crippen molar-refractivity contribution in [2.45, 2.75) is 25.9 Å². The van der Waals surface area contributed by atoms with Gasteiger partial charge in [-0.3, -0.25) is 9.69 Å². The summed E-state index contributed by atoms with van der Waals surface area (Å²) in [6.07, 6.45) is 0.117. The van der Waals surface area contributed by atoms with Crippen LogP contribution in [0.1, 0.15) is 19.8 Å². The Labute approximate surface area is 176 Å². The number of nitrogens with one attached hydrogen (secondary N) is 1. The van der Waals surface area contributed by atoms with Gasteiger partial charge in [0.1, 0.15) is 12.5 Å². The third-order valence-electron chi connectivity index (χ3n) is 5.11. The Bertz CT molecular complexity index is 799. The van der Waals surface area contributed by atoms with E-state index in [1.54, 1.807) is 9.80 Å². The van der Waals surface area contributed by atoms with Gasteiger partial charge in [0, 0.05) is 37.6 Å². The van der Waals surface area contributed by atoms with Gasteiger partial charge in [-0.2, -0.15) is 5.26 Å². The molecule has 0 radical (unpaired) electrons. The van der Waals surface area contributed by atoms with Crippen LogP contribution in [0.2, 0.25) is 0 Å². The molecule has 1 aromatic carbocycles. The molecule has 29 heavy (non-hydrogen) atoms. The maximum atomic E-state index is 12.2. The van der Waals surface area contributed by atoms with E-state index in [0.29, 0.717) is 39.3 Å². The van der Waals surface area contributed by atoms with E-state index in [1.165, 1.54) is 0 Å². The zero-order chi connectivity index (χ0) is 20.8. The van der Waals surface area contributed by atoms with Crippen molar-refractivity contribution in [3.05, 3.63) is 24.3 Å². The van der Waals surface area contributed by atoms with Gasteiger partial charge in [-0.1, -0.05) is 19.1 Å². The van der Waals surface area contributed by atoms with Crippen LogP contribution in [0.15, 0.2) is 24.3 Å². The van der Waals surface area contributed by atoms with Crippen LogP contribution >= 0.6 is 12.2 Å². The van der Waals surface area contributed by atoms with Gasteiger partial charge >= 0.3 is 6.09 Å². The number of benzene rings is 1. The Kier molecular flexibility index (Phi) is 6.88. The highest BCUT2D eigenvalue weighted by Crippen LogP contribution is 2.25. The van der Waals surface area contributed by atoms with Crippen LogP contribution in [0.3, 0.4) is 0 Å². The average molecular weight is 416 g/mol. The minimum absolute atomic E-state index is 0.0681. The van der Waals surface area contributed by atoms with Crippen molar-refractivity contribution in [1.82, 2.24) is 10.2 Å². The summed E-state index contributed by atoms with van der Waals surface area (Å²) in [5, 5.41) is 11.8. The quantitative estimate of drug-likeness (QED) is 0.710. The average Bonchev–Trinajstić information content (AvgIpc) is 3.13. The lowest BCUT2D eigenvalue weighted by Crippen LogP contribution is -2.48. The van der Waals surface area contributed by atoms with Crippen molar-refractivity contribution in [2.75, 3.05) is 49.1 Å². The van der Waals surface area contributed by atoms with Gasteiger partial charge in [0.15, 0.2) is 0 Å². The molecule has 8 nitrogen and oxygen atoms in total. The topological polar surface area (TPSA) is 88.9 Å². The minimum Gasteiger partial charge on any atom is -0.442 e. The number of piperazine rings is 1. The molecule has 1 N–H and O–H groups in total. The maximum absolute atomic E-state index is 12.2. The molecular formula is C20H25N5O3S. The highest BCUT2D eigenvalue weighted by atomic mass is 32.1. The zero-order valence-electron chi connectivity index (χ0n) is 16.5. The monoisotopic (exact) mass is 415 g/mol. The lowest BCUT2D eigenvalue weighted by molar-refractivity contribution is -0.130. The predicted octanol–water partition coefficient (Wildman–Crippen LogP) is 1.90. The number of anilines is 2.